The van der Waals surface area contributed by atoms with Crippen molar-refractivity contribution in [2.75, 3.05) is 29.9 Å². The van der Waals surface area contributed by atoms with E-state index >= 15 is 0 Å². The van der Waals surface area contributed by atoms with Crippen LogP contribution < -0.4 is 9.80 Å². The van der Waals surface area contributed by atoms with Crippen molar-refractivity contribution in [1.82, 2.24) is 9.55 Å². The van der Waals surface area contributed by atoms with Gasteiger partial charge >= 0.3 is 0 Å². The zero-order valence-electron chi connectivity index (χ0n) is 13.5. The van der Waals surface area contributed by atoms with E-state index in [-0.39, 0.29) is 5.82 Å². The Balaban J connectivity index is 1.95. The molecule has 0 N–H and O–H groups in total. The zero-order valence-corrected chi connectivity index (χ0v) is 13.5. The first-order valence-corrected chi connectivity index (χ1v) is 7.83. The summed E-state index contributed by atoms with van der Waals surface area (Å²) in [6.45, 7) is 6.89. The number of hydrogen-bond acceptors (Lipinski definition) is 3. The van der Waals surface area contributed by atoms with Gasteiger partial charge in [-0.3, -0.25) is 0 Å². The SMILES string of the molecule is CC(C)n1ccnc1CN1CCCN(C)c2ccc(F)cc21. The fourth-order valence-corrected chi connectivity index (χ4v) is 3.08. The Kier molecular flexibility index (Phi) is 4.05. The van der Waals surface area contributed by atoms with Gasteiger partial charge < -0.3 is 14.4 Å². The molecule has 1 aliphatic heterocycles. The number of benzene rings is 1. The second-order valence-corrected chi connectivity index (χ2v) is 6.17. The van der Waals surface area contributed by atoms with Crippen molar-refractivity contribution in [3.63, 3.8) is 0 Å². The van der Waals surface area contributed by atoms with Crippen molar-refractivity contribution in [3.8, 4) is 0 Å². The molecule has 0 amide bonds. The van der Waals surface area contributed by atoms with Crippen molar-refractivity contribution in [3.05, 3.63) is 42.2 Å². The Morgan fingerprint density at radius 1 is 1.23 bits per heavy atom. The predicted octanol–water partition coefficient (Wildman–Crippen LogP) is 3.45. The van der Waals surface area contributed by atoms with Gasteiger partial charge in [-0.1, -0.05) is 0 Å². The molecule has 0 bridgehead atoms. The maximum absolute atomic E-state index is 13.7. The minimum atomic E-state index is -0.189. The predicted molar refractivity (Wildman–Crippen MR) is 87.9 cm³/mol. The average Bonchev–Trinajstić information content (AvgIpc) is 2.88. The molecule has 0 saturated heterocycles. The van der Waals surface area contributed by atoms with E-state index in [4.69, 9.17) is 0 Å². The second kappa shape index (κ2) is 5.99. The Morgan fingerprint density at radius 2 is 2.05 bits per heavy atom. The van der Waals surface area contributed by atoms with Crippen LogP contribution in [0.15, 0.2) is 30.6 Å². The van der Waals surface area contributed by atoms with Crippen LogP contribution in [0.3, 0.4) is 0 Å². The first kappa shape index (κ1) is 14.9. The van der Waals surface area contributed by atoms with Gasteiger partial charge in [0.1, 0.15) is 11.6 Å². The van der Waals surface area contributed by atoms with E-state index in [0.29, 0.717) is 12.6 Å². The summed E-state index contributed by atoms with van der Waals surface area (Å²) in [5.74, 6) is 0.834. The van der Waals surface area contributed by atoms with E-state index in [1.165, 1.54) is 6.07 Å². The van der Waals surface area contributed by atoms with Gasteiger partial charge in [0.25, 0.3) is 0 Å². The highest BCUT2D eigenvalue weighted by atomic mass is 19.1. The third kappa shape index (κ3) is 2.80. The Labute approximate surface area is 131 Å². The number of anilines is 2. The van der Waals surface area contributed by atoms with Crippen molar-refractivity contribution < 1.29 is 4.39 Å². The van der Waals surface area contributed by atoms with Crippen molar-refractivity contribution >= 4 is 11.4 Å². The summed E-state index contributed by atoms with van der Waals surface area (Å²) in [4.78, 5) is 8.93. The molecule has 0 spiro atoms. The standard InChI is InChI=1S/C17H23FN4/c1-13(2)22-10-7-19-17(22)12-21-9-4-8-20(3)15-6-5-14(18)11-16(15)21/h5-7,10-11,13H,4,8-9,12H2,1-3H3. The van der Waals surface area contributed by atoms with Gasteiger partial charge in [0.2, 0.25) is 0 Å². The number of rotatable bonds is 3. The molecule has 2 heterocycles. The maximum atomic E-state index is 13.7. The lowest BCUT2D eigenvalue weighted by Gasteiger charge is -2.26. The fourth-order valence-electron chi connectivity index (χ4n) is 3.08. The lowest BCUT2D eigenvalue weighted by molar-refractivity contribution is 0.559. The monoisotopic (exact) mass is 302 g/mol. The summed E-state index contributed by atoms with van der Waals surface area (Å²) in [5, 5.41) is 0. The number of fused-ring (bicyclic) bond motifs is 1. The molecule has 0 aliphatic carbocycles. The van der Waals surface area contributed by atoms with Crippen LogP contribution in [0, 0.1) is 5.82 Å². The van der Waals surface area contributed by atoms with Gasteiger partial charge in [-0.15, -0.1) is 0 Å². The number of halogens is 1. The van der Waals surface area contributed by atoms with E-state index in [1.54, 1.807) is 6.07 Å². The Hall–Kier alpha value is -2.04. The van der Waals surface area contributed by atoms with Gasteiger partial charge in [-0.05, 0) is 38.5 Å². The van der Waals surface area contributed by atoms with Crippen LogP contribution in [0.4, 0.5) is 15.8 Å². The fraction of sp³-hybridized carbons (Fsp3) is 0.471. The second-order valence-electron chi connectivity index (χ2n) is 6.17. The average molecular weight is 302 g/mol. The van der Waals surface area contributed by atoms with Crippen molar-refractivity contribution in [1.29, 1.82) is 0 Å². The summed E-state index contributed by atoms with van der Waals surface area (Å²) in [5.41, 5.74) is 2.04. The van der Waals surface area contributed by atoms with Crippen molar-refractivity contribution in [2.24, 2.45) is 0 Å². The number of hydrogen-bond donors (Lipinski definition) is 0. The molecule has 0 fully saturated rings. The number of aromatic nitrogens is 2. The quantitative estimate of drug-likeness (QED) is 0.868. The van der Waals surface area contributed by atoms with Crippen LogP contribution in [0.1, 0.15) is 32.1 Å². The highest BCUT2D eigenvalue weighted by Crippen LogP contribution is 2.33. The Morgan fingerprint density at radius 3 is 2.82 bits per heavy atom. The van der Waals surface area contributed by atoms with Gasteiger partial charge in [-0.25, -0.2) is 9.37 Å². The summed E-state index contributed by atoms with van der Waals surface area (Å²) >= 11 is 0. The summed E-state index contributed by atoms with van der Waals surface area (Å²) < 4.78 is 15.9. The third-order valence-corrected chi connectivity index (χ3v) is 4.25. The molecule has 22 heavy (non-hydrogen) atoms. The van der Waals surface area contributed by atoms with Gasteiger partial charge in [0.05, 0.1) is 17.9 Å². The van der Waals surface area contributed by atoms with Gasteiger partial charge in [0, 0.05) is 38.6 Å². The van der Waals surface area contributed by atoms with Gasteiger partial charge in [0.15, 0.2) is 0 Å². The van der Waals surface area contributed by atoms with Crippen LogP contribution in [0.5, 0.6) is 0 Å². The normalized spacial score (nSPS) is 15.1. The van der Waals surface area contributed by atoms with E-state index < -0.39 is 0 Å². The maximum Gasteiger partial charge on any atom is 0.128 e. The van der Waals surface area contributed by atoms with E-state index in [2.05, 4.69) is 40.2 Å². The molecule has 5 heteroatoms. The molecular formula is C17H23FN4. The molecule has 4 nitrogen and oxygen atoms in total. The summed E-state index contributed by atoms with van der Waals surface area (Å²) in [7, 11) is 2.06. The van der Waals surface area contributed by atoms with E-state index in [1.807, 2.05) is 18.5 Å². The highest BCUT2D eigenvalue weighted by Gasteiger charge is 2.21. The van der Waals surface area contributed by atoms with Crippen LogP contribution in [0.25, 0.3) is 0 Å². The van der Waals surface area contributed by atoms with E-state index in [9.17, 15) is 4.39 Å². The molecule has 1 aromatic carbocycles. The van der Waals surface area contributed by atoms with Gasteiger partial charge in [-0.2, -0.15) is 0 Å². The lowest BCUT2D eigenvalue weighted by Crippen LogP contribution is -2.25. The zero-order chi connectivity index (χ0) is 15.7. The smallest absolute Gasteiger partial charge is 0.128 e. The number of imidazole rings is 1. The van der Waals surface area contributed by atoms with Crippen LogP contribution in [-0.2, 0) is 6.54 Å². The molecule has 2 aromatic rings. The summed E-state index contributed by atoms with van der Waals surface area (Å²) in [6.07, 6.45) is 4.90. The lowest BCUT2D eigenvalue weighted by atomic mass is 10.2. The van der Waals surface area contributed by atoms with Crippen LogP contribution in [-0.4, -0.2) is 29.7 Å². The van der Waals surface area contributed by atoms with E-state index in [0.717, 1.165) is 36.7 Å². The number of nitrogens with zero attached hydrogens (tertiary/aromatic N) is 4. The molecule has 0 saturated carbocycles. The molecule has 0 atom stereocenters. The molecule has 118 valence electrons. The third-order valence-electron chi connectivity index (χ3n) is 4.25. The molecule has 1 aromatic heterocycles. The van der Waals surface area contributed by atoms with Crippen LogP contribution in [0.2, 0.25) is 0 Å². The molecule has 0 radical (unpaired) electrons. The molecule has 1 aliphatic rings. The largest absolute Gasteiger partial charge is 0.373 e. The molecular weight excluding hydrogens is 279 g/mol. The topological polar surface area (TPSA) is 24.3 Å². The minimum absolute atomic E-state index is 0.189. The molecule has 0 unspecified atom stereocenters. The first-order chi connectivity index (χ1) is 10.6. The first-order valence-electron chi connectivity index (χ1n) is 7.83. The van der Waals surface area contributed by atoms with Crippen molar-refractivity contribution in [2.45, 2.75) is 32.9 Å². The minimum Gasteiger partial charge on any atom is -0.373 e. The van der Waals surface area contributed by atoms with Crippen LogP contribution >= 0.6 is 0 Å². The Bertz CT molecular complexity index is 650. The molecule has 3 rings (SSSR count). The summed E-state index contributed by atoms with van der Waals surface area (Å²) in [6, 6.07) is 5.42. The highest BCUT2D eigenvalue weighted by molar-refractivity contribution is 5.71.